The molecule has 0 bridgehead atoms. The highest BCUT2D eigenvalue weighted by molar-refractivity contribution is 7.80. The maximum Gasteiger partial charge on any atom is 0.253 e. The molecule has 2 heterocycles. The number of aromatic nitrogens is 1. The van der Waals surface area contributed by atoms with Gasteiger partial charge in [0.05, 0.1) is 31.9 Å². The molecule has 2 aromatic carbocycles. The molecular weight excluding hydrogens is 460 g/mol. The maximum atomic E-state index is 12.9. The lowest BCUT2D eigenvalue weighted by Gasteiger charge is -2.29. The van der Waals surface area contributed by atoms with Crippen LogP contribution in [0.4, 0.5) is 5.69 Å². The van der Waals surface area contributed by atoms with Crippen molar-refractivity contribution in [2.24, 2.45) is 0 Å². The second-order valence-corrected chi connectivity index (χ2v) is 9.17. The van der Waals surface area contributed by atoms with E-state index in [0.29, 0.717) is 23.8 Å². The minimum absolute atomic E-state index is 0.0751. The van der Waals surface area contributed by atoms with Crippen LogP contribution in [0, 0.1) is 6.92 Å². The van der Waals surface area contributed by atoms with Gasteiger partial charge in [-0.1, -0.05) is 18.2 Å². The molecule has 2 N–H and O–H groups in total. The molecule has 3 aromatic rings. The quantitative estimate of drug-likeness (QED) is 0.433. The predicted octanol–water partition coefficient (Wildman–Crippen LogP) is 4.16. The van der Waals surface area contributed by atoms with Crippen molar-refractivity contribution in [3.63, 3.8) is 0 Å². The third kappa shape index (κ3) is 6.81. The van der Waals surface area contributed by atoms with Gasteiger partial charge >= 0.3 is 0 Å². The van der Waals surface area contributed by atoms with Gasteiger partial charge in [0, 0.05) is 37.4 Å². The Kier molecular flexibility index (Phi) is 8.74. The van der Waals surface area contributed by atoms with Crippen molar-refractivity contribution < 1.29 is 9.47 Å². The number of aromatic amines is 1. The van der Waals surface area contributed by atoms with Gasteiger partial charge in [-0.25, -0.2) is 0 Å². The van der Waals surface area contributed by atoms with Crippen LogP contribution < -0.4 is 15.6 Å². The Labute approximate surface area is 212 Å². The molecule has 0 spiro atoms. The molecule has 7 nitrogen and oxygen atoms in total. The molecule has 0 radical (unpaired) electrons. The SMILES string of the molecule is CCOc1ccc(NC(=S)N(CCCN2CCOCC2)Cc2cc3cccc(C)c3[nH]c2=O)cc1. The van der Waals surface area contributed by atoms with E-state index in [1.807, 2.05) is 62.4 Å². The predicted molar refractivity (Wildman–Crippen MR) is 145 cm³/mol. The Morgan fingerprint density at radius 3 is 2.71 bits per heavy atom. The van der Waals surface area contributed by atoms with Crippen LogP contribution in [0.5, 0.6) is 5.75 Å². The highest BCUT2D eigenvalue weighted by atomic mass is 32.1. The molecule has 1 saturated heterocycles. The Morgan fingerprint density at radius 1 is 1.20 bits per heavy atom. The number of pyridine rings is 1. The summed E-state index contributed by atoms with van der Waals surface area (Å²) < 4.78 is 11.0. The van der Waals surface area contributed by atoms with Crippen LogP contribution in [0.25, 0.3) is 10.9 Å². The first-order valence-electron chi connectivity index (χ1n) is 12.2. The number of nitrogens with zero attached hydrogens (tertiary/aromatic N) is 2. The van der Waals surface area contributed by atoms with Gasteiger partial charge in [0.15, 0.2) is 5.11 Å². The lowest BCUT2D eigenvalue weighted by Crippen LogP contribution is -2.40. The van der Waals surface area contributed by atoms with E-state index in [9.17, 15) is 4.79 Å². The Bertz CT molecular complexity index is 1190. The fraction of sp³-hybridized carbons (Fsp3) is 0.407. The number of nitrogens with one attached hydrogen (secondary N) is 2. The molecular formula is C27H34N4O3S. The van der Waals surface area contributed by atoms with Crippen molar-refractivity contribution in [1.82, 2.24) is 14.8 Å². The van der Waals surface area contributed by atoms with E-state index in [4.69, 9.17) is 21.7 Å². The zero-order chi connectivity index (χ0) is 24.6. The largest absolute Gasteiger partial charge is 0.494 e. The lowest BCUT2D eigenvalue weighted by molar-refractivity contribution is 0.0367. The van der Waals surface area contributed by atoms with E-state index < -0.39 is 0 Å². The summed E-state index contributed by atoms with van der Waals surface area (Å²) in [6.07, 6.45) is 0.940. The van der Waals surface area contributed by atoms with Crippen LogP contribution in [0.2, 0.25) is 0 Å². The monoisotopic (exact) mass is 494 g/mol. The van der Waals surface area contributed by atoms with Gasteiger partial charge in [0.1, 0.15) is 5.75 Å². The number of hydrogen-bond donors (Lipinski definition) is 2. The fourth-order valence-corrected chi connectivity index (χ4v) is 4.59. The summed E-state index contributed by atoms with van der Waals surface area (Å²) in [5.41, 5.74) is 3.45. The highest BCUT2D eigenvalue weighted by Gasteiger charge is 2.16. The average molecular weight is 495 g/mol. The number of morpholine rings is 1. The standard InChI is InChI=1S/C27H34N4O3S/c1-3-34-24-10-8-23(9-11-24)28-27(35)31(13-5-12-30-14-16-33-17-15-30)19-22-18-21-7-4-6-20(2)25(21)29-26(22)32/h4,6-11,18H,3,5,12-17,19H2,1-2H3,(H,28,35)(H,29,32). The summed E-state index contributed by atoms with van der Waals surface area (Å²) in [6.45, 7) is 10.2. The second-order valence-electron chi connectivity index (χ2n) is 8.78. The van der Waals surface area contributed by atoms with E-state index in [-0.39, 0.29) is 5.56 Å². The van der Waals surface area contributed by atoms with Crippen LogP contribution in [-0.2, 0) is 11.3 Å². The smallest absolute Gasteiger partial charge is 0.253 e. The fourth-order valence-electron chi connectivity index (χ4n) is 4.32. The van der Waals surface area contributed by atoms with E-state index in [1.54, 1.807) is 0 Å². The van der Waals surface area contributed by atoms with E-state index in [2.05, 4.69) is 20.1 Å². The summed E-state index contributed by atoms with van der Waals surface area (Å²) in [4.78, 5) is 20.5. The zero-order valence-electron chi connectivity index (χ0n) is 20.5. The number of hydrogen-bond acceptors (Lipinski definition) is 5. The summed E-state index contributed by atoms with van der Waals surface area (Å²) in [7, 11) is 0. The summed E-state index contributed by atoms with van der Waals surface area (Å²) >= 11 is 5.81. The van der Waals surface area contributed by atoms with Crippen LogP contribution >= 0.6 is 12.2 Å². The van der Waals surface area contributed by atoms with Crippen molar-refractivity contribution in [2.45, 2.75) is 26.8 Å². The molecule has 1 aliphatic rings. The number of H-pyrrole nitrogens is 1. The van der Waals surface area contributed by atoms with Gasteiger partial charge in [-0.15, -0.1) is 0 Å². The van der Waals surface area contributed by atoms with Crippen LogP contribution in [0.1, 0.15) is 24.5 Å². The lowest BCUT2D eigenvalue weighted by atomic mass is 10.1. The number of para-hydroxylation sites is 1. The summed E-state index contributed by atoms with van der Waals surface area (Å²) in [5, 5.41) is 4.97. The molecule has 0 saturated carbocycles. The van der Waals surface area contributed by atoms with Gasteiger partial charge < -0.3 is 24.7 Å². The molecule has 1 aliphatic heterocycles. The normalized spacial score (nSPS) is 14.1. The van der Waals surface area contributed by atoms with Crippen molar-refractivity contribution in [3.05, 3.63) is 70.0 Å². The summed E-state index contributed by atoms with van der Waals surface area (Å²) in [5.74, 6) is 0.823. The molecule has 186 valence electrons. The number of rotatable bonds is 9. The molecule has 35 heavy (non-hydrogen) atoms. The van der Waals surface area contributed by atoms with Crippen molar-refractivity contribution in [1.29, 1.82) is 0 Å². The van der Waals surface area contributed by atoms with Crippen molar-refractivity contribution in [2.75, 3.05) is 51.3 Å². The molecule has 8 heteroatoms. The van der Waals surface area contributed by atoms with E-state index >= 15 is 0 Å². The van der Waals surface area contributed by atoms with Crippen molar-refractivity contribution >= 4 is 33.9 Å². The molecule has 0 unspecified atom stereocenters. The first-order chi connectivity index (χ1) is 17.0. The first kappa shape index (κ1) is 25.2. The number of aryl methyl sites for hydroxylation is 1. The minimum atomic E-state index is -0.0751. The minimum Gasteiger partial charge on any atom is -0.494 e. The van der Waals surface area contributed by atoms with Crippen LogP contribution in [0.15, 0.2) is 53.3 Å². The number of ether oxygens (including phenoxy) is 2. The average Bonchev–Trinajstić information content (AvgIpc) is 2.86. The molecule has 1 aromatic heterocycles. The van der Waals surface area contributed by atoms with E-state index in [0.717, 1.165) is 73.7 Å². The molecule has 0 aliphatic carbocycles. The Morgan fingerprint density at radius 2 is 1.97 bits per heavy atom. The van der Waals surface area contributed by atoms with Gasteiger partial charge in [-0.05, 0) is 73.8 Å². The first-order valence-corrected chi connectivity index (χ1v) is 12.6. The van der Waals surface area contributed by atoms with Crippen LogP contribution in [0.3, 0.4) is 0 Å². The van der Waals surface area contributed by atoms with Gasteiger partial charge in [0.25, 0.3) is 5.56 Å². The van der Waals surface area contributed by atoms with Gasteiger partial charge in [0.2, 0.25) is 0 Å². The molecule has 0 amide bonds. The molecule has 1 fully saturated rings. The number of anilines is 1. The van der Waals surface area contributed by atoms with Crippen LogP contribution in [-0.4, -0.2) is 65.9 Å². The van der Waals surface area contributed by atoms with Gasteiger partial charge in [-0.3, -0.25) is 9.69 Å². The molecule has 0 atom stereocenters. The third-order valence-corrected chi connectivity index (χ3v) is 6.60. The topological polar surface area (TPSA) is 69.8 Å². The van der Waals surface area contributed by atoms with Gasteiger partial charge in [-0.2, -0.15) is 0 Å². The Balaban J connectivity index is 1.50. The maximum absolute atomic E-state index is 12.9. The van der Waals surface area contributed by atoms with E-state index in [1.165, 1.54) is 0 Å². The number of benzene rings is 2. The second kappa shape index (κ2) is 12.2. The highest BCUT2D eigenvalue weighted by Crippen LogP contribution is 2.18. The number of thiocarbonyl (C=S) groups is 1. The Hall–Kier alpha value is -2.94. The third-order valence-electron chi connectivity index (χ3n) is 6.24. The number of fused-ring (bicyclic) bond motifs is 1. The summed E-state index contributed by atoms with van der Waals surface area (Å²) in [6, 6.07) is 15.8. The van der Waals surface area contributed by atoms with Crippen molar-refractivity contribution in [3.8, 4) is 5.75 Å². The molecule has 4 rings (SSSR count). The zero-order valence-corrected chi connectivity index (χ0v) is 21.3.